The predicted octanol–water partition coefficient (Wildman–Crippen LogP) is 4.18. The Labute approximate surface area is 123 Å². The van der Waals surface area contributed by atoms with E-state index < -0.39 is 0 Å². The Morgan fingerprint density at radius 3 is 2.63 bits per heavy atom. The number of hydrogen-bond acceptors (Lipinski definition) is 2. The van der Waals surface area contributed by atoms with Crippen LogP contribution in [0, 0.1) is 6.92 Å². The van der Waals surface area contributed by atoms with Crippen LogP contribution in [-0.2, 0) is 13.0 Å². The molecule has 0 spiro atoms. The topological polar surface area (TPSA) is 43.8 Å². The van der Waals surface area contributed by atoms with Gasteiger partial charge in [-0.15, -0.1) is 0 Å². The number of halogens is 1. The summed E-state index contributed by atoms with van der Waals surface area (Å²) in [5.74, 6) is 1.84. The molecular formula is C15H20BrN3. The quantitative estimate of drug-likeness (QED) is 0.918. The van der Waals surface area contributed by atoms with Crippen LogP contribution < -0.4 is 5.73 Å². The zero-order valence-corrected chi connectivity index (χ0v) is 13.3. The first-order valence-corrected chi connectivity index (χ1v) is 7.49. The number of hydrogen-bond donors (Lipinski definition) is 1. The number of nitrogens with two attached hydrogens (primary N) is 1. The summed E-state index contributed by atoms with van der Waals surface area (Å²) >= 11 is 3.52. The fourth-order valence-corrected chi connectivity index (χ4v) is 2.51. The number of nitrogens with zero attached hydrogens (tertiary/aromatic N) is 2. The molecule has 0 aliphatic heterocycles. The second-order valence-corrected chi connectivity index (χ2v) is 5.59. The molecule has 2 aromatic rings. The fourth-order valence-electron chi connectivity index (χ4n) is 2.26. The van der Waals surface area contributed by atoms with Gasteiger partial charge in [0.2, 0.25) is 0 Å². The first-order valence-electron chi connectivity index (χ1n) is 6.69. The van der Waals surface area contributed by atoms with E-state index in [9.17, 15) is 0 Å². The van der Waals surface area contributed by atoms with E-state index in [0.29, 0.717) is 0 Å². The summed E-state index contributed by atoms with van der Waals surface area (Å²) in [7, 11) is 0. The molecule has 0 saturated carbocycles. The average Bonchev–Trinajstić information content (AvgIpc) is 2.71. The van der Waals surface area contributed by atoms with Crippen molar-refractivity contribution in [1.29, 1.82) is 0 Å². The van der Waals surface area contributed by atoms with Gasteiger partial charge in [-0.2, -0.15) is 0 Å². The summed E-state index contributed by atoms with van der Waals surface area (Å²) in [5, 5.41) is 0. The Kier molecular flexibility index (Phi) is 4.30. The molecule has 19 heavy (non-hydrogen) atoms. The van der Waals surface area contributed by atoms with Gasteiger partial charge in [0.15, 0.2) is 0 Å². The van der Waals surface area contributed by atoms with Crippen molar-refractivity contribution in [1.82, 2.24) is 9.55 Å². The van der Waals surface area contributed by atoms with Gasteiger partial charge in [0.25, 0.3) is 0 Å². The van der Waals surface area contributed by atoms with Gasteiger partial charge in [0.1, 0.15) is 17.3 Å². The lowest BCUT2D eigenvalue weighted by molar-refractivity contribution is 0.650. The van der Waals surface area contributed by atoms with Crippen LogP contribution in [0.25, 0.3) is 11.3 Å². The van der Waals surface area contributed by atoms with Crippen LogP contribution in [-0.4, -0.2) is 9.55 Å². The maximum absolute atomic E-state index is 6.27. The molecule has 1 heterocycles. The van der Waals surface area contributed by atoms with Gasteiger partial charge in [0, 0.05) is 23.0 Å². The number of rotatable bonds is 4. The molecule has 2 N–H and O–H groups in total. The highest BCUT2D eigenvalue weighted by atomic mass is 79.9. The summed E-state index contributed by atoms with van der Waals surface area (Å²) < 4.78 is 3.24. The molecule has 102 valence electrons. The molecule has 1 aromatic heterocycles. The van der Waals surface area contributed by atoms with Crippen molar-refractivity contribution >= 4 is 21.7 Å². The molecule has 0 aliphatic carbocycles. The van der Waals surface area contributed by atoms with Crippen LogP contribution in [0.2, 0.25) is 0 Å². The summed E-state index contributed by atoms with van der Waals surface area (Å²) in [6.45, 7) is 7.28. The maximum Gasteiger partial charge on any atom is 0.131 e. The number of aromatic nitrogens is 2. The molecular weight excluding hydrogens is 302 g/mol. The minimum Gasteiger partial charge on any atom is -0.383 e. The molecule has 0 fully saturated rings. The minimum absolute atomic E-state index is 0.778. The van der Waals surface area contributed by atoms with Crippen molar-refractivity contribution in [2.24, 2.45) is 0 Å². The Hall–Kier alpha value is -1.29. The van der Waals surface area contributed by atoms with Crippen molar-refractivity contribution in [3.8, 4) is 11.3 Å². The summed E-state index contributed by atoms with van der Waals surface area (Å²) in [6.07, 6.45) is 1.96. The molecule has 0 radical (unpaired) electrons. The standard InChI is InChI=1S/C15H20BrN3/c1-4-8-19-13(5-2)18-14(15(19)17)11-6-7-12(16)10(3)9-11/h6-7,9H,4-5,8,17H2,1-3H3. The molecule has 0 bridgehead atoms. The van der Waals surface area contributed by atoms with Crippen LogP contribution in [0.4, 0.5) is 5.82 Å². The van der Waals surface area contributed by atoms with E-state index in [1.54, 1.807) is 0 Å². The van der Waals surface area contributed by atoms with Crippen molar-refractivity contribution in [3.63, 3.8) is 0 Å². The zero-order chi connectivity index (χ0) is 14.0. The molecule has 0 aliphatic rings. The monoisotopic (exact) mass is 321 g/mol. The van der Waals surface area contributed by atoms with E-state index in [1.807, 2.05) is 0 Å². The summed E-state index contributed by atoms with van der Waals surface area (Å²) in [5.41, 5.74) is 9.46. The van der Waals surface area contributed by atoms with E-state index in [-0.39, 0.29) is 0 Å². The van der Waals surface area contributed by atoms with Gasteiger partial charge < -0.3 is 10.3 Å². The van der Waals surface area contributed by atoms with Crippen molar-refractivity contribution in [2.45, 2.75) is 40.2 Å². The Balaban J connectivity index is 2.52. The summed E-state index contributed by atoms with van der Waals surface area (Å²) in [4.78, 5) is 4.71. The zero-order valence-electron chi connectivity index (χ0n) is 11.7. The highest BCUT2D eigenvalue weighted by Crippen LogP contribution is 2.29. The largest absolute Gasteiger partial charge is 0.383 e. The first-order chi connectivity index (χ1) is 9.08. The van der Waals surface area contributed by atoms with Crippen LogP contribution >= 0.6 is 15.9 Å². The lowest BCUT2D eigenvalue weighted by Crippen LogP contribution is -2.06. The second-order valence-electron chi connectivity index (χ2n) is 4.73. The molecule has 3 nitrogen and oxygen atoms in total. The Morgan fingerprint density at radius 2 is 2.05 bits per heavy atom. The minimum atomic E-state index is 0.778. The SMILES string of the molecule is CCCn1c(CC)nc(-c2ccc(Br)c(C)c2)c1N. The molecule has 0 atom stereocenters. The van der Waals surface area contributed by atoms with Crippen LogP contribution in [0.15, 0.2) is 22.7 Å². The van der Waals surface area contributed by atoms with Crippen molar-refractivity contribution in [3.05, 3.63) is 34.1 Å². The van der Waals surface area contributed by atoms with E-state index in [0.717, 1.165) is 46.8 Å². The number of nitrogen functional groups attached to an aromatic ring is 1. The van der Waals surface area contributed by atoms with Gasteiger partial charge in [-0.1, -0.05) is 35.8 Å². The Morgan fingerprint density at radius 1 is 1.32 bits per heavy atom. The molecule has 2 rings (SSSR count). The van der Waals surface area contributed by atoms with Gasteiger partial charge in [-0.05, 0) is 31.0 Å². The van der Waals surface area contributed by atoms with E-state index in [1.165, 1.54) is 5.56 Å². The maximum atomic E-state index is 6.27. The summed E-state index contributed by atoms with van der Waals surface area (Å²) in [6, 6.07) is 6.23. The van der Waals surface area contributed by atoms with Gasteiger partial charge in [-0.25, -0.2) is 4.98 Å². The van der Waals surface area contributed by atoms with Crippen LogP contribution in [0.3, 0.4) is 0 Å². The number of anilines is 1. The van der Waals surface area contributed by atoms with E-state index in [2.05, 4.69) is 59.5 Å². The van der Waals surface area contributed by atoms with Crippen molar-refractivity contribution in [2.75, 3.05) is 5.73 Å². The third-order valence-electron chi connectivity index (χ3n) is 3.28. The third kappa shape index (κ3) is 2.68. The van der Waals surface area contributed by atoms with Gasteiger partial charge >= 0.3 is 0 Å². The molecule has 1 aromatic carbocycles. The smallest absolute Gasteiger partial charge is 0.131 e. The number of aryl methyl sites for hydroxylation is 2. The van der Waals surface area contributed by atoms with Gasteiger partial charge in [0.05, 0.1) is 0 Å². The lowest BCUT2D eigenvalue weighted by Gasteiger charge is -2.07. The fraction of sp³-hybridized carbons (Fsp3) is 0.400. The predicted molar refractivity (Wildman–Crippen MR) is 84.2 cm³/mol. The molecule has 0 amide bonds. The van der Waals surface area contributed by atoms with Crippen LogP contribution in [0.5, 0.6) is 0 Å². The van der Waals surface area contributed by atoms with Gasteiger partial charge in [-0.3, -0.25) is 0 Å². The molecule has 4 heteroatoms. The van der Waals surface area contributed by atoms with E-state index >= 15 is 0 Å². The van der Waals surface area contributed by atoms with Crippen LogP contribution in [0.1, 0.15) is 31.7 Å². The number of imidazole rings is 1. The van der Waals surface area contributed by atoms with Crippen molar-refractivity contribution < 1.29 is 0 Å². The van der Waals surface area contributed by atoms with E-state index in [4.69, 9.17) is 10.7 Å². The highest BCUT2D eigenvalue weighted by molar-refractivity contribution is 9.10. The Bertz CT molecular complexity index is 587. The normalized spacial score (nSPS) is 10.9. The second kappa shape index (κ2) is 5.78. The highest BCUT2D eigenvalue weighted by Gasteiger charge is 2.14. The average molecular weight is 322 g/mol. The molecule has 0 saturated heterocycles. The first kappa shape index (κ1) is 14.1. The molecule has 0 unspecified atom stereocenters. The third-order valence-corrected chi connectivity index (χ3v) is 4.17. The lowest BCUT2D eigenvalue weighted by atomic mass is 10.1. The number of benzene rings is 1.